The van der Waals surface area contributed by atoms with Gasteiger partial charge in [0.15, 0.2) is 0 Å². The van der Waals surface area contributed by atoms with Gasteiger partial charge in [-0.05, 0) is 30.2 Å². The molecule has 0 saturated heterocycles. The lowest BCUT2D eigenvalue weighted by molar-refractivity contribution is 0.499. The molecule has 0 bridgehead atoms. The van der Waals surface area contributed by atoms with Crippen LogP contribution in [0.3, 0.4) is 0 Å². The highest BCUT2D eigenvalue weighted by Crippen LogP contribution is 2.22. The standard InChI is InChI=1S/C14H12F4N2/c15-9-1-2-12(13(18)7-9)14(20-19)5-8-3-10(16)6-11(17)4-8/h1-4,6-7,14,20H,5,19H2. The molecule has 6 heteroatoms. The van der Waals surface area contributed by atoms with Gasteiger partial charge in [-0.1, -0.05) is 6.07 Å². The Hall–Kier alpha value is -1.92. The van der Waals surface area contributed by atoms with Crippen LogP contribution in [0, 0.1) is 23.3 Å². The molecule has 20 heavy (non-hydrogen) atoms. The summed E-state index contributed by atoms with van der Waals surface area (Å²) < 4.78 is 52.7. The summed E-state index contributed by atoms with van der Waals surface area (Å²) in [7, 11) is 0. The lowest BCUT2D eigenvalue weighted by atomic mass is 9.98. The van der Waals surface area contributed by atoms with Crippen molar-refractivity contribution in [3.05, 3.63) is 70.8 Å². The smallest absolute Gasteiger partial charge is 0.130 e. The molecule has 0 spiro atoms. The quantitative estimate of drug-likeness (QED) is 0.514. The molecule has 0 aliphatic heterocycles. The molecular formula is C14H12F4N2. The largest absolute Gasteiger partial charge is 0.271 e. The molecule has 2 aromatic carbocycles. The summed E-state index contributed by atoms with van der Waals surface area (Å²) in [6, 6.07) is 5.35. The van der Waals surface area contributed by atoms with Gasteiger partial charge in [0.05, 0.1) is 6.04 Å². The second-order valence-corrected chi connectivity index (χ2v) is 4.37. The van der Waals surface area contributed by atoms with Crippen LogP contribution in [0.1, 0.15) is 17.2 Å². The number of benzene rings is 2. The molecule has 0 aliphatic rings. The van der Waals surface area contributed by atoms with Gasteiger partial charge in [0.1, 0.15) is 23.3 Å². The maximum absolute atomic E-state index is 13.7. The van der Waals surface area contributed by atoms with Gasteiger partial charge in [-0.25, -0.2) is 17.6 Å². The van der Waals surface area contributed by atoms with Crippen molar-refractivity contribution in [1.29, 1.82) is 0 Å². The summed E-state index contributed by atoms with van der Waals surface area (Å²) in [5.74, 6) is 2.40. The highest BCUT2D eigenvalue weighted by atomic mass is 19.1. The molecular weight excluding hydrogens is 272 g/mol. The molecule has 1 unspecified atom stereocenters. The molecule has 0 radical (unpaired) electrons. The minimum Gasteiger partial charge on any atom is -0.271 e. The van der Waals surface area contributed by atoms with Crippen LogP contribution in [0.15, 0.2) is 36.4 Å². The summed E-state index contributed by atoms with van der Waals surface area (Å²) in [5.41, 5.74) is 2.80. The van der Waals surface area contributed by atoms with Crippen LogP contribution in [-0.4, -0.2) is 0 Å². The minimum atomic E-state index is -0.773. The van der Waals surface area contributed by atoms with Crippen LogP contribution in [0.4, 0.5) is 17.6 Å². The van der Waals surface area contributed by atoms with Crippen molar-refractivity contribution in [2.45, 2.75) is 12.5 Å². The zero-order valence-corrected chi connectivity index (χ0v) is 10.3. The average Bonchev–Trinajstić information content (AvgIpc) is 2.35. The highest BCUT2D eigenvalue weighted by Gasteiger charge is 2.16. The lowest BCUT2D eigenvalue weighted by Crippen LogP contribution is -2.30. The summed E-state index contributed by atoms with van der Waals surface area (Å²) in [6.45, 7) is 0. The van der Waals surface area contributed by atoms with Crippen LogP contribution in [-0.2, 0) is 6.42 Å². The number of hydrogen-bond acceptors (Lipinski definition) is 2. The molecule has 1 atom stereocenters. The molecule has 0 fully saturated rings. The molecule has 0 aliphatic carbocycles. The van der Waals surface area contributed by atoms with E-state index in [1.165, 1.54) is 6.07 Å². The monoisotopic (exact) mass is 284 g/mol. The maximum atomic E-state index is 13.7. The SMILES string of the molecule is NNC(Cc1cc(F)cc(F)c1)c1ccc(F)cc1F. The Bertz CT molecular complexity index is 596. The third kappa shape index (κ3) is 3.34. The van der Waals surface area contributed by atoms with Crippen molar-refractivity contribution in [3.8, 4) is 0 Å². The number of hydrogen-bond donors (Lipinski definition) is 2. The van der Waals surface area contributed by atoms with E-state index in [0.29, 0.717) is 5.56 Å². The highest BCUT2D eigenvalue weighted by molar-refractivity contribution is 5.26. The average molecular weight is 284 g/mol. The Morgan fingerprint density at radius 3 is 2.10 bits per heavy atom. The Morgan fingerprint density at radius 2 is 1.55 bits per heavy atom. The van der Waals surface area contributed by atoms with Crippen molar-refractivity contribution in [2.75, 3.05) is 0 Å². The fraction of sp³-hybridized carbons (Fsp3) is 0.143. The number of rotatable bonds is 4. The predicted molar refractivity (Wildman–Crippen MR) is 66.5 cm³/mol. The third-order valence-electron chi connectivity index (χ3n) is 2.90. The molecule has 2 rings (SSSR count). The number of nitrogens with one attached hydrogen (secondary N) is 1. The summed E-state index contributed by atoms with van der Waals surface area (Å²) in [5, 5.41) is 0. The zero-order valence-electron chi connectivity index (χ0n) is 10.3. The topological polar surface area (TPSA) is 38.0 Å². The van der Waals surface area contributed by atoms with E-state index in [9.17, 15) is 17.6 Å². The van der Waals surface area contributed by atoms with Gasteiger partial charge < -0.3 is 0 Å². The minimum absolute atomic E-state index is 0.0632. The summed E-state index contributed by atoms with van der Waals surface area (Å²) in [4.78, 5) is 0. The number of hydrazine groups is 1. The summed E-state index contributed by atoms with van der Waals surface area (Å²) in [6.07, 6.45) is 0.0632. The van der Waals surface area contributed by atoms with E-state index in [1.54, 1.807) is 0 Å². The number of halogens is 4. The fourth-order valence-electron chi connectivity index (χ4n) is 2.01. The van der Waals surface area contributed by atoms with E-state index >= 15 is 0 Å². The zero-order chi connectivity index (χ0) is 14.7. The predicted octanol–water partition coefficient (Wildman–Crippen LogP) is 2.99. The van der Waals surface area contributed by atoms with Gasteiger partial charge in [0, 0.05) is 17.7 Å². The molecule has 0 heterocycles. The van der Waals surface area contributed by atoms with E-state index in [-0.39, 0.29) is 12.0 Å². The van der Waals surface area contributed by atoms with Gasteiger partial charge >= 0.3 is 0 Å². The second kappa shape index (κ2) is 6.02. The van der Waals surface area contributed by atoms with Crippen LogP contribution in [0.2, 0.25) is 0 Å². The van der Waals surface area contributed by atoms with Gasteiger partial charge in [-0.2, -0.15) is 0 Å². The molecule has 2 nitrogen and oxygen atoms in total. The van der Waals surface area contributed by atoms with Crippen LogP contribution < -0.4 is 11.3 Å². The summed E-state index contributed by atoms with van der Waals surface area (Å²) >= 11 is 0. The van der Waals surface area contributed by atoms with Gasteiger partial charge in [0.2, 0.25) is 0 Å². The number of nitrogens with two attached hydrogens (primary N) is 1. The van der Waals surface area contributed by atoms with E-state index in [4.69, 9.17) is 5.84 Å². The van der Waals surface area contributed by atoms with Crippen LogP contribution >= 0.6 is 0 Å². The Morgan fingerprint density at radius 1 is 0.900 bits per heavy atom. The van der Waals surface area contributed by atoms with Crippen molar-refractivity contribution in [3.63, 3.8) is 0 Å². The fourth-order valence-corrected chi connectivity index (χ4v) is 2.01. The maximum Gasteiger partial charge on any atom is 0.130 e. The Labute approximate surface area is 113 Å². The van der Waals surface area contributed by atoms with Gasteiger partial charge in [0.25, 0.3) is 0 Å². The normalized spacial score (nSPS) is 12.4. The van der Waals surface area contributed by atoms with Crippen molar-refractivity contribution >= 4 is 0 Å². The Kier molecular flexibility index (Phi) is 4.36. The molecule has 0 amide bonds. The Balaban J connectivity index is 2.28. The van der Waals surface area contributed by atoms with E-state index in [0.717, 1.165) is 30.3 Å². The first-order valence-electron chi connectivity index (χ1n) is 5.85. The van der Waals surface area contributed by atoms with Gasteiger partial charge in [-0.3, -0.25) is 11.3 Å². The molecule has 2 aromatic rings. The van der Waals surface area contributed by atoms with Crippen molar-refractivity contribution in [2.24, 2.45) is 5.84 Å². The van der Waals surface area contributed by atoms with Crippen LogP contribution in [0.25, 0.3) is 0 Å². The van der Waals surface area contributed by atoms with Crippen LogP contribution in [0.5, 0.6) is 0 Å². The first kappa shape index (κ1) is 14.5. The third-order valence-corrected chi connectivity index (χ3v) is 2.90. The molecule has 106 valence electrons. The molecule has 0 saturated carbocycles. The van der Waals surface area contributed by atoms with E-state index in [2.05, 4.69) is 5.43 Å². The van der Waals surface area contributed by atoms with Crippen molar-refractivity contribution < 1.29 is 17.6 Å². The van der Waals surface area contributed by atoms with Crippen molar-refractivity contribution in [1.82, 2.24) is 5.43 Å². The first-order valence-corrected chi connectivity index (χ1v) is 5.85. The first-order chi connectivity index (χ1) is 9.49. The molecule has 3 N–H and O–H groups in total. The van der Waals surface area contributed by atoms with Gasteiger partial charge in [-0.15, -0.1) is 0 Å². The van der Waals surface area contributed by atoms with E-state index in [1.807, 2.05) is 0 Å². The lowest BCUT2D eigenvalue weighted by Gasteiger charge is -2.17. The molecule has 0 aromatic heterocycles. The van der Waals surface area contributed by atoms with E-state index < -0.39 is 29.3 Å². The second-order valence-electron chi connectivity index (χ2n) is 4.37.